The Hall–Kier alpha value is -2.64. The van der Waals surface area contributed by atoms with Crippen LogP contribution in [0.4, 0.5) is 9.18 Å². The highest BCUT2D eigenvalue weighted by molar-refractivity contribution is 5.96. The van der Waals surface area contributed by atoms with Crippen LogP contribution in [0.25, 0.3) is 0 Å². The van der Waals surface area contributed by atoms with Crippen LogP contribution in [0.15, 0.2) is 24.3 Å². The van der Waals surface area contributed by atoms with Gasteiger partial charge in [0.1, 0.15) is 5.82 Å². The number of urea groups is 1. The highest BCUT2D eigenvalue weighted by atomic mass is 19.1. The first kappa shape index (κ1) is 19.7. The molecule has 1 aliphatic heterocycles. The minimum Gasteiger partial charge on any atom is -0.343 e. The van der Waals surface area contributed by atoms with Crippen molar-refractivity contribution in [1.82, 2.24) is 20.0 Å². The van der Waals surface area contributed by atoms with Gasteiger partial charge in [-0.2, -0.15) is 0 Å². The summed E-state index contributed by atoms with van der Waals surface area (Å²) in [6, 6.07) is 5.12. The molecule has 0 bridgehead atoms. The van der Waals surface area contributed by atoms with Gasteiger partial charge in [0.15, 0.2) is 0 Å². The summed E-state index contributed by atoms with van der Waals surface area (Å²) in [5.41, 5.74) is 0.300. The van der Waals surface area contributed by atoms with Gasteiger partial charge in [-0.05, 0) is 38.1 Å². The first-order valence-electron chi connectivity index (χ1n) is 8.81. The van der Waals surface area contributed by atoms with Crippen molar-refractivity contribution in [3.05, 3.63) is 35.6 Å². The molecule has 2 rings (SSSR count). The maximum Gasteiger partial charge on any atom is 0.320 e. The van der Waals surface area contributed by atoms with E-state index in [1.54, 1.807) is 14.7 Å². The second-order valence-corrected chi connectivity index (χ2v) is 6.01. The Morgan fingerprint density at radius 2 is 1.54 bits per heavy atom. The third-order valence-electron chi connectivity index (χ3n) is 4.44. The predicted molar refractivity (Wildman–Crippen MR) is 95.2 cm³/mol. The first-order valence-corrected chi connectivity index (χ1v) is 8.81. The molecule has 0 atom stereocenters. The number of hydrogen-bond donors (Lipinski definition) is 1. The Bertz CT molecular complexity index is 638. The SMILES string of the molecule is CCN(CC)C(=O)N1CCN(C(=O)CNC(=O)c2ccc(F)cc2)CC1. The lowest BCUT2D eigenvalue weighted by atomic mass is 10.2. The fraction of sp³-hybridized carbons (Fsp3) is 0.500. The Kier molecular flexibility index (Phi) is 6.94. The molecule has 26 heavy (non-hydrogen) atoms. The number of nitrogens with one attached hydrogen (secondary N) is 1. The highest BCUT2D eigenvalue weighted by Gasteiger charge is 2.26. The molecule has 0 spiro atoms. The number of amides is 4. The molecular formula is C18H25FN4O3. The zero-order valence-corrected chi connectivity index (χ0v) is 15.2. The summed E-state index contributed by atoms with van der Waals surface area (Å²) in [6.45, 7) is 6.90. The molecule has 0 radical (unpaired) electrons. The molecule has 1 aromatic carbocycles. The molecule has 0 aliphatic carbocycles. The lowest BCUT2D eigenvalue weighted by molar-refractivity contribution is -0.131. The van der Waals surface area contributed by atoms with Gasteiger partial charge >= 0.3 is 6.03 Å². The molecule has 142 valence electrons. The lowest BCUT2D eigenvalue weighted by Crippen LogP contribution is -2.55. The van der Waals surface area contributed by atoms with Crippen LogP contribution in [0, 0.1) is 5.82 Å². The normalized spacial score (nSPS) is 14.1. The molecule has 1 fully saturated rings. The summed E-state index contributed by atoms with van der Waals surface area (Å²) in [5.74, 6) is -1.04. The predicted octanol–water partition coefficient (Wildman–Crippen LogP) is 1.16. The number of halogens is 1. The van der Waals surface area contributed by atoms with E-state index in [0.717, 1.165) is 0 Å². The molecule has 4 amide bonds. The molecule has 1 N–H and O–H groups in total. The van der Waals surface area contributed by atoms with Crippen molar-refractivity contribution >= 4 is 17.8 Å². The van der Waals surface area contributed by atoms with Crippen LogP contribution in [-0.2, 0) is 4.79 Å². The zero-order valence-electron chi connectivity index (χ0n) is 15.2. The summed E-state index contributed by atoms with van der Waals surface area (Å²) < 4.78 is 12.9. The lowest BCUT2D eigenvalue weighted by Gasteiger charge is -2.37. The molecular weight excluding hydrogens is 339 g/mol. The minimum atomic E-state index is -0.423. The quantitative estimate of drug-likeness (QED) is 0.852. The van der Waals surface area contributed by atoms with Crippen molar-refractivity contribution in [2.24, 2.45) is 0 Å². The van der Waals surface area contributed by atoms with Crippen molar-refractivity contribution in [1.29, 1.82) is 0 Å². The van der Waals surface area contributed by atoms with E-state index in [9.17, 15) is 18.8 Å². The van der Waals surface area contributed by atoms with E-state index in [-0.39, 0.29) is 18.5 Å². The van der Waals surface area contributed by atoms with E-state index in [1.807, 2.05) is 13.8 Å². The third-order valence-corrected chi connectivity index (χ3v) is 4.44. The van der Waals surface area contributed by atoms with E-state index in [1.165, 1.54) is 24.3 Å². The van der Waals surface area contributed by atoms with Crippen molar-refractivity contribution in [3.8, 4) is 0 Å². The van der Waals surface area contributed by atoms with Gasteiger partial charge in [-0.3, -0.25) is 9.59 Å². The van der Waals surface area contributed by atoms with Gasteiger partial charge in [-0.1, -0.05) is 0 Å². The second kappa shape index (κ2) is 9.17. The van der Waals surface area contributed by atoms with Crippen LogP contribution in [-0.4, -0.2) is 78.4 Å². The van der Waals surface area contributed by atoms with E-state index < -0.39 is 11.7 Å². The van der Waals surface area contributed by atoms with Gasteiger partial charge in [-0.15, -0.1) is 0 Å². The molecule has 1 saturated heterocycles. The molecule has 1 aliphatic rings. The minimum absolute atomic E-state index is 0.00767. The number of carbonyl (C=O) groups excluding carboxylic acids is 3. The summed E-state index contributed by atoms with van der Waals surface area (Å²) in [7, 11) is 0. The summed E-state index contributed by atoms with van der Waals surface area (Å²) in [6.07, 6.45) is 0. The van der Waals surface area contributed by atoms with E-state index >= 15 is 0 Å². The molecule has 8 heteroatoms. The van der Waals surface area contributed by atoms with Gasteiger partial charge in [0.25, 0.3) is 5.91 Å². The van der Waals surface area contributed by atoms with Crippen LogP contribution >= 0.6 is 0 Å². The first-order chi connectivity index (χ1) is 12.5. The highest BCUT2D eigenvalue weighted by Crippen LogP contribution is 2.07. The van der Waals surface area contributed by atoms with Crippen molar-refractivity contribution in [2.75, 3.05) is 45.8 Å². The fourth-order valence-electron chi connectivity index (χ4n) is 2.81. The standard InChI is InChI=1S/C18H25FN4O3/c1-3-21(4-2)18(26)23-11-9-22(10-12-23)16(24)13-20-17(25)14-5-7-15(19)8-6-14/h5-8H,3-4,9-13H2,1-2H3,(H,20,25). The number of nitrogens with zero attached hydrogens (tertiary/aromatic N) is 3. The van der Waals surface area contributed by atoms with Crippen LogP contribution in [0.1, 0.15) is 24.2 Å². The summed E-state index contributed by atoms with van der Waals surface area (Å²) in [4.78, 5) is 41.6. The van der Waals surface area contributed by atoms with Gasteiger partial charge in [0.2, 0.25) is 5.91 Å². The average Bonchev–Trinajstić information content (AvgIpc) is 2.67. The number of rotatable bonds is 5. The topological polar surface area (TPSA) is 73.0 Å². The zero-order chi connectivity index (χ0) is 19.1. The molecule has 0 aromatic heterocycles. The van der Waals surface area contributed by atoms with E-state index in [2.05, 4.69) is 5.32 Å². The van der Waals surface area contributed by atoms with Gasteiger partial charge in [0, 0.05) is 44.8 Å². The largest absolute Gasteiger partial charge is 0.343 e. The van der Waals surface area contributed by atoms with Crippen LogP contribution in [0.3, 0.4) is 0 Å². The van der Waals surface area contributed by atoms with Crippen LogP contribution in [0.2, 0.25) is 0 Å². The Morgan fingerprint density at radius 3 is 2.08 bits per heavy atom. The summed E-state index contributed by atoms with van der Waals surface area (Å²) >= 11 is 0. The van der Waals surface area contributed by atoms with Crippen LogP contribution in [0.5, 0.6) is 0 Å². The maximum atomic E-state index is 12.9. The average molecular weight is 364 g/mol. The van der Waals surface area contributed by atoms with Gasteiger partial charge in [-0.25, -0.2) is 9.18 Å². The number of benzene rings is 1. The summed E-state index contributed by atoms with van der Waals surface area (Å²) in [5, 5.41) is 2.54. The molecule has 1 aromatic rings. The van der Waals surface area contributed by atoms with Gasteiger partial charge < -0.3 is 20.0 Å². The molecule has 0 unspecified atom stereocenters. The molecule has 7 nitrogen and oxygen atoms in total. The Morgan fingerprint density at radius 1 is 1.00 bits per heavy atom. The smallest absolute Gasteiger partial charge is 0.320 e. The molecule has 0 saturated carbocycles. The third kappa shape index (κ3) is 4.93. The van der Waals surface area contributed by atoms with E-state index in [0.29, 0.717) is 44.8 Å². The second-order valence-electron chi connectivity index (χ2n) is 6.01. The Balaban J connectivity index is 1.78. The van der Waals surface area contributed by atoms with E-state index in [4.69, 9.17) is 0 Å². The van der Waals surface area contributed by atoms with Crippen molar-refractivity contribution in [3.63, 3.8) is 0 Å². The van der Waals surface area contributed by atoms with Crippen molar-refractivity contribution in [2.45, 2.75) is 13.8 Å². The maximum absolute atomic E-state index is 12.9. The van der Waals surface area contributed by atoms with Crippen LogP contribution < -0.4 is 5.32 Å². The Labute approximate surface area is 152 Å². The van der Waals surface area contributed by atoms with Crippen molar-refractivity contribution < 1.29 is 18.8 Å². The number of carbonyl (C=O) groups is 3. The monoisotopic (exact) mass is 364 g/mol. The molecule has 1 heterocycles. The number of piperazine rings is 1. The van der Waals surface area contributed by atoms with Gasteiger partial charge in [0.05, 0.1) is 6.54 Å². The fourth-order valence-corrected chi connectivity index (χ4v) is 2.81. The number of hydrogen-bond acceptors (Lipinski definition) is 3.